The summed E-state index contributed by atoms with van der Waals surface area (Å²) >= 11 is 5.86. The molecule has 5 nitrogen and oxygen atoms in total. The summed E-state index contributed by atoms with van der Waals surface area (Å²) in [6.45, 7) is 1.82. The molecule has 1 fully saturated rings. The lowest BCUT2D eigenvalue weighted by Gasteiger charge is -2.10. The standard InChI is InChI=1S/C16H18ClN3O2/c17-12-3-1-11(2-4-12)14-10-19-16(22-14)6-5-15(21)20-13-7-8-18-9-13/h1-4,10,13,18H,5-9H2,(H,20,21). The first kappa shape index (κ1) is 15.1. The highest BCUT2D eigenvalue weighted by Crippen LogP contribution is 2.22. The monoisotopic (exact) mass is 319 g/mol. The molecule has 1 aromatic carbocycles. The Kier molecular flexibility index (Phi) is 4.75. The van der Waals surface area contributed by atoms with Gasteiger partial charge in [-0.25, -0.2) is 4.98 Å². The molecule has 0 bridgehead atoms. The van der Waals surface area contributed by atoms with Crippen LogP contribution in [0.4, 0.5) is 0 Å². The van der Waals surface area contributed by atoms with Gasteiger partial charge in [0.05, 0.1) is 6.20 Å². The summed E-state index contributed by atoms with van der Waals surface area (Å²) in [5.74, 6) is 1.30. The van der Waals surface area contributed by atoms with Crippen molar-refractivity contribution in [2.75, 3.05) is 13.1 Å². The molecular weight excluding hydrogens is 302 g/mol. The number of carbonyl (C=O) groups is 1. The fourth-order valence-electron chi connectivity index (χ4n) is 2.47. The highest BCUT2D eigenvalue weighted by atomic mass is 35.5. The predicted molar refractivity (Wildman–Crippen MR) is 84.7 cm³/mol. The van der Waals surface area contributed by atoms with Crippen LogP contribution in [0.3, 0.4) is 0 Å². The SMILES string of the molecule is O=C(CCc1ncc(-c2ccc(Cl)cc2)o1)NC1CCNC1. The topological polar surface area (TPSA) is 67.2 Å². The van der Waals surface area contributed by atoms with Gasteiger partial charge in [-0.15, -0.1) is 0 Å². The maximum absolute atomic E-state index is 11.9. The molecule has 1 atom stereocenters. The number of halogens is 1. The predicted octanol–water partition coefficient (Wildman–Crippen LogP) is 2.41. The number of hydrogen-bond donors (Lipinski definition) is 2. The van der Waals surface area contributed by atoms with Crippen LogP contribution in [0.1, 0.15) is 18.7 Å². The number of nitrogens with zero attached hydrogens (tertiary/aromatic N) is 1. The van der Waals surface area contributed by atoms with Gasteiger partial charge in [-0.05, 0) is 37.2 Å². The third kappa shape index (κ3) is 3.87. The van der Waals surface area contributed by atoms with E-state index in [1.54, 1.807) is 6.20 Å². The Labute approximate surface area is 134 Å². The Bertz CT molecular complexity index is 633. The fourth-order valence-corrected chi connectivity index (χ4v) is 2.60. The lowest BCUT2D eigenvalue weighted by atomic mass is 10.2. The van der Waals surface area contributed by atoms with E-state index in [1.807, 2.05) is 24.3 Å². The van der Waals surface area contributed by atoms with Crippen molar-refractivity contribution in [1.82, 2.24) is 15.6 Å². The first-order valence-corrected chi connectivity index (χ1v) is 7.79. The maximum Gasteiger partial charge on any atom is 0.220 e. The van der Waals surface area contributed by atoms with Crippen LogP contribution in [0.25, 0.3) is 11.3 Å². The highest BCUT2D eigenvalue weighted by molar-refractivity contribution is 6.30. The number of carbonyl (C=O) groups excluding carboxylic acids is 1. The van der Waals surface area contributed by atoms with E-state index in [1.165, 1.54) is 0 Å². The first-order chi connectivity index (χ1) is 10.7. The molecule has 0 spiro atoms. The van der Waals surface area contributed by atoms with E-state index < -0.39 is 0 Å². The van der Waals surface area contributed by atoms with Gasteiger partial charge in [0.15, 0.2) is 11.7 Å². The molecule has 1 aromatic heterocycles. The van der Waals surface area contributed by atoms with Crippen LogP contribution >= 0.6 is 11.6 Å². The van der Waals surface area contributed by atoms with E-state index in [0.29, 0.717) is 29.5 Å². The summed E-state index contributed by atoms with van der Waals surface area (Å²) in [5, 5.41) is 6.91. The summed E-state index contributed by atoms with van der Waals surface area (Å²) in [6.07, 6.45) is 3.56. The average molecular weight is 320 g/mol. The van der Waals surface area contributed by atoms with Crippen LogP contribution in [0.15, 0.2) is 34.9 Å². The zero-order valence-corrected chi connectivity index (χ0v) is 12.9. The molecule has 0 radical (unpaired) electrons. The number of oxazole rings is 1. The number of nitrogens with one attached hydrogen (secondary N) is 2. The van der Waals surface area contributed by atoms with Gasteiger partial charge >= 0.3 is 0 Å². The van der Waals surface area contributed by atoms with E-state index >= 15 is 0 Å². The van der Waals surface area contributed by atoms with Crippen LogP contribution in [0, 0.1) is 0 Å². The lowest BCUT2D eigenvalue weighted by molar-refractivity contribution is -0.121. The summed E-state index contributed by atoms with van der Waals surface area (Å²) in [6, 6.07) is 7.63. The van der Waals surface area contributed by atoms with E-state index in [2.05, 4.69) is 15.6 Å². The molecule has 6 heteroatoms. The minimum absolute atomic E-state index is 0.0416. The zero-order chi connectivity index (χ0) is 15.4. The third-order valence-corrected chi connectivity index (χ3v) is 3.93. The molecule has 22 heavy (non-hydrogen) atoms. The van der Waals surface area contributed by atoms with E-state index in [-0.39, 0.29) is 11.9 Å². The second-order valence-corrected chi connectivity index (χ2v) is 5.82. The van der Waals surface area contributed by atoms with Crippen molar-refractivity contribution >= 4 is 17.5 Å². The third-order valence-electron chi connectivity index (χ3n) is 3.67. The number of rotatable bonds is 5. The second kappa shape index (κ2) is 6.94. The second-order valence-electron chi connectivity index (χ2n) is 5.38. The van der Waals surface area contributed by atoms with Crippen LogP contribution in [-0.2, 0) is 11.2 Å². The van der Waals surface area contributed by atoms with Crippen molar-refractivity contribution in [3.8, 4) is 11.3 Å². The molecule has 0 saturated carbocycles. The molecule has 3 rings (SSSR count). The molecular formula is C16H18ClN3O2. The molecule has 0 aliphatic carbocycles. The van der Waals surface area contributed by atoms with Gasteiger partial charge in [-0.1, -0.05) is 11.6 Å². The van der Waals surface area contributed by atoms with Gasteiger partial charge < -0.3 is 15.1 Å². The quantitative estimate of drug-likeness (QED) is 0.888. The smallest absolute Gasteiger partial charge is 0.220 e. The van der Waals surface area contributed by atoms with Crippen molar-refractivity contribution in [3.63, 3.8) is 0 Å². The Hall–Kier alpha value is -1.85. The van der Waals surface area contributed by atoms with Crippen molar-refractivity contribution in [2.45, 2.75) is 25.3 Å². The average Bonchev–Trinajstić information content (AvgIpc) is 3.17. The number of aromatic nitrogens is 1. The van der Waals surface area contributed by atoms with Gasteiger partial charge in [-0.2, -0.15) is 0 Å². The normalized spacial score (nSPS) is 17.6. The van der Waals surface area contributed by atoms with E-state index in [9.17, 15) is 4.79 Å². The first-order valence-electron chi connectivity index (χ1n) is 7.41. The van der Waals surface area contributed by atoms with Crippen molar-refractivity contribution in [1.29, 1.82) is 0 Å². The molecule has 1 saturated heterocycles. The molecule has 2 heterocycles. The minimum atomic E-state index is 0.0416. The van der Waals surface area contributed by atoms with E-state index in [4.69, 9.17) is 16.0 Å². The largest absolute Gasteiger partial charge is 0.441 e. The Balaban J connectivity index is 1.53. The minimum Gasteiger partial charge on any atom is -0.441 e. The van der Waals surface area contributed by atoms with Gasteiger partial charge in [0.25, 0.3) is 0 Å². The number of hydrogen-bond acceptors (Lipinski definition) is 4. The van der Waals surface area contributed by atoms with Crippen LogP contribution in [0.5, 0.6) is 0 Å². The molecule has 2 N–H and O–H groups in total. The highest BCUT2D eigenvalue weighted by Gasteiger charge is 2.17. The molecule has 1 aliphatic rings. The van der Waals surface area contributed by atoms with E-state index in [0.717, 1.165) is 25.1 Å². The fraction of sp³-hybridized carbons (Fsp3) is 0.375. The molecule has 2 aromatic rings. The number of benzene rings is 1. The zero-order valence-electron chi connectivity index (χ0n) is 12.1. The Morgan fingerprint density at radius 1 is 1.41 bits per heavy atom. The van der Waals surface area contributed by atoms with Crippen molar-refractivity contribution in [2.24, 2.45) is 0 Å². The Morgan fingerprint density at radius 2 is 2.23 bits per heavy atom. The summed E-state index contributed by atoms with van der Waals surface area (Å²) in [5.41, 5.74) is 0.921. The molecule has 1 unspecified atom stereocenters. The van der Waals surface area contributed by atoms with Gasteiger partial charge in [0.1, 0.15) is 0 Å². The molecule has 1 aliphatic heterocycles. The molecule has 116 valence electrons. The van der Waals surface area contributed by atoms with Crippen LogP contribution in [0.2, 0.25) is 5.02 Å². The maximum atomic E-state index is 11.9. The van der Waals surface area contributed by atoms with Gasteiger partial charge in [0.2, 0.25) is 5.91 Å². The van der Waals surface area contributed by atoms with Crippen molar-refractivity contribution in [3.05, 3.63) is 41.4 Å². The molecule has 1 amide bonds. The summed E-state index contributed by atoms with van der Waals surface area (Å²) in [7, 11) is 0. The number of amides is 1. The summed E-state index contributed by atoms with van der Waals surface area (Å²) in [4.78, 5) is 16.1. The van der Waals surface area contributed by atoms with Gasteiger partial charge in [0, 0.05) is 36.0 Å². The van der Waals surface area contributed by atoms with Gasteiger partial charge in [-0.3, -0.25) is 4.79 Å². The lowest BCUT2D eigenvalue weighted by Crippen LogP contribution is -2.36. The van der Waals surface area contributed by atoms with Crippen LogP contribution < -0.4 is 10.6 Å². The van der Waals surface area contributed by atoms with Crippen LogP contribution in [-0.4, -0.2) is 30.0 Å². The number of aryl methyl sites for hydroxylation is 1. The Morgan fingerprint density at radius 3 is 2.95 bits per heavy atom. The summed E-state index contributed by atoms with van der Waals surface area (Å²) < 4.78 is 5.68. The van der Waals surface area contributed by atoms with Crippen molar-refractivity contribution < 1.29 is 9.21 Å².